The van der Waals surface area contributed by atoms with Crippen LogP contribution in [0.5, 0.6) is 0 Å². The Morgan fingerprint density at radius 3 is 2.53 bits per heavy atom. The topological polar surface area (TPSA) is 33.1 Å². The van der Waals surface area contributed by atoms with Crippen LogP contribution in [0.15, 0.2) is 22.8 Å². The minimum atomic E-state index is -0.258. The third kappa shape index (κ3) is 3.79. The molecule has 1 atom stereocenters. The number of hydrogen-bond acceptors (Lipinski definition) is 2. The Balaban J connectivity index is 2.07. The molecule has 1 aliphatic carbocycles. The number of aromatic nitrogens is 1. The number of pyridine rings is 1. The summed E-state index contributed by atoms with van der Waals surface area (Å²) >= 11 is 3.40. The number of hydrogen-bond donors (Lipinski definition) is 1. The normalized spacial score (nSPS) is 19.8. The van der Waals surface area contributed by atoms with E-state index in [4.69, 9.17) is 0 Å². The highest BCUT2D eigenvalue weighted by molar-refractivity contribution is 9.10. The van der Waals surface area contributed by atoms with Gasteiger partial charge in [-0.15, -0.1) is 0 Å². The zero-order valence-corrected chi connectivity index (χ0v) is 13.5. The molecule has 19 heavy (non-hydrogen) atoms. The predicted octanol–water partition coefficient (Wildman–Crippen LogP) is 4.35. The molecule has 0 saturated heterocycles. The van der Waals surface area contributed by atoms with Crippen molar-refractivity contribution in [2.24, 2.45) is 11.3 Å². The highest BCUT2D eigenvalue weighted by atomic mass is 79.9. The highest BCUT2D eigenvalue weighted by Crippen LogP contribution is 2.46. The number of aliphatic hydroxyl groups excluding tert-OH is 1. The highest BCUT2D eigenvalue weighted by Gasteiger charge is 2.40. The second-order valence-corrected chi connectivity index (χ2v) is 7.27. The Hall–Kier alpha value is -0.410. The van der Waals surface area contributed by atoms with Crippen LogP contribution in [0, 0.1) is 11.3 Å². The molecule has 0 amide bonds. The van der Waals surface area contributed by atoms with Gasteiger partial charge in [0.25, 0.3) is 0 Å². The van der Waals surface area contributed by atoms with Gasteiger partial charge in [-0.2, -0.15) is 0 Å². The van der Waals surface area contributed by atoms with Gasteiger partial charge in [0.1, 0.15) is 0 Å². The molecular formula is C16H24BrNO. The zero-order chi connectivity index (χ0) is 13.9. The van der Waals surface area contributed by atoms with Crippen LogP contribution < -0.4 is 0 Å². The standard InChI is InChI=1S/C16H24BrNO/c1-12(2)10-16(7-3-4-8-16)15(19)9-14-6-5-13(17)11-18-14/h5-6,11-12,15,19H,3-4,7-10H2,1-2H3. The Kier molecular flexibility index (Phi) is 5.02. The molecule has 2 rings (SSSR count). The van der Waals surface area contributed by atoms with E-state index in [1.54, 1.807) is 0 Å². The van der Waals surface area contributed by atoms with Crippen molar-refractivity contribution in [3.05, 3.63) is 28.5 Å². The lowest BCUT2D eigenvalue weighted by molar-refractivity contribution is 0.0127. The molecule has 1 fully saturated rings. The molecule has 0 radical (unpaired) electrons. The molecule has 2 nitrogen and oxygen atoms in total. The van der Waals surface area contributed by atoms with Crippen molar-refractivity contribution >= 4 is 15.9 Å². The maximum absolute atomic E-state index is 10.7. The van der Waals surface area contributed by atoms with Crippen LogP contribution in [0.3, 0.4) is 0 Å². The third-order valence-electron chi connectivity index (χ3n) is 4.31. The first kappa shape index (κ1) is 15.0. The van der Waals surface area contributed by atoms with E-state index in [1.165, 1.54) is 25.7 Å². The van der Waals surface area contributed by atoms with Gasteiger partial charge in [0.15, 0.2) is 0 Å². The van der Waals surface area contributed by atoms with E-state index in [0.29, 0.717) is 12.3 Å². The predicted molar refractivity (Wildman–Crippen MR) is 82.0 cm³/mol. The SMILES string of the molecule is CC(C)CC1(C(O)Cc2ccc(Br)cn2)CCCC1. The molecule has 1 N–H and O–H groups in total. The van der Waals surface area contributed by atoms with Crippen molar-refractivity contribution in [2.75, 3.05) is 0 Å². The smallest absolute Gasteiger partial charge is 0.0651 e. The molecule has 0 bridgehead atoms. The van der Waals surface area contributed by atoms with Gasteiger partial charge in [-0.1, -0.05) is 26.7 Å². The summed E-state index contributed by atoms with van der Waals surface area (Å²) in [6, 6.07) is 4.00. The van der Waals surface area contributed by atoms with Crippen molar-refractivity contribution in [2.45, 2.75) is 58.5 Å². The van der Waals surface area contributed by atoms with Crippen molar-refractivity contribution in [3.8, 4) is 0 Å². The molecule has 0 spiro atoms. The summed E-state index contributed by atoms with van der Waals surface area (Å²) in [6.07, 6.45) is 8.23. The average molecular weight is 326 g/mol. The van der Waals surface area contributed by atoms with E-state index in [-0.39, 0.29) is 11.5 Å². The van der Waals surface area contributed by atoms with Crippen LogP contribution in [-0.2, 0) is 6.42 Å². The fraction of sp³-hybridized carbons (Fsp3) is 0.688. The van der Waals surface area contributed by atoms with E-state index in [0.717, 1.165) is 16.6 Å². The molecule has 1 aromatic rings. The third-order valence-corrected chi connectivity index (χ3v) is 4.78. The Morgan fingerprint density at radius 2 is 2.00 bits per heavy atom. The van der Waals surface area contributed by atoms with E-state index in [1.807, 2.05) is 18.3 Å². The molecule has 3 heteroatoms. The first-order valence-electron chi connectivity index (χ1n) is 7.30. The Labute approximate surface area is 124 Å². The van der Waals surface area contributed by atoms with Gasteiger partial charge in [0, 0.05) is 22.8 Å². The van der Waals surface area contributed by atoms with Gasteiger partial charge >= 0.3 is 0 Å². The second-order valence-electron chi connectivity index (χ2n) is 6.36. The van der Waals surface area contributed by atoms with Crippen LogP contribution in [0.25, 0.3) is 0 Å². The first-order valence-corrected chi connectivity index (χ1v) is 8.10. The molecule has 1 saturated carbocycles. The van der Waals surface area contributed by atoms with Gasteiger partial charge in [0.05, 0.1) is 6.10 Å². The fourth-order valence-corrected chi connectivity index (χ4v) is 3.74. The summed E-state index contributed by atoms with van der Waals surface area (Å²) in [6.45, 7) is 4.51. The molecule has 1 aromatic heterocycles. The lowest BCUT2D eigenvalue weighted by Crippen LogP contribution is -2.35. The average Bonchev–Trinajstić information content (AvgIpc) is 2.81. The van der Waals surface area contributed by atoms with Gasteiger partial charge in [-0.3, -0.25) is 4.98 Å². The number of rotatable bonds is 5. The monoisotopic (exact) mass is 325 g/mol. The summed E-state index contributed by atoms with van der Waals surface area (Å²) in [5.41, 5.74) is 1.12. The van der Waals surface area contributed by atoms with E-state index in [2.05, 4.69) is 34.8 Å². The van der Waals surface area contributed by atoms with Crippen LogP contribution in [0.1, 0.15) is 51.6 Å². The van der Waals surface area contributed by atoms with E-state index >= 15 is 0 Å². The minimum absolute atomic E-state index is 0.128. The summed E-state index contributed by atoms with van der Waals surface area (Å²) in [7, 11) is 0. The van der Waals surface area contributed by atoms with Crippen molar-refractivity contribution < 1.29 is 5.11 Å². The van der Waals surface area contributed by atoms with Gasteiger partial charge in [-0.25, -0.2) is 0 Å². The van der Waals surface area contributed by atoms with Crippen molar-refractivity contribution in [1.29, 1.82) is 0 Å². The zero-order valence-electron chi connectivity index (χ0n) is 11.9. The maximum atomic E-state index is 10.7. The largest absolute Gasteiger partial charge is 0.392 e. The lowest BCUT2D eigenvalue weighted by atomic mass is 9.72. The molecule has 106 valence electrons. The summed E-state index contributed by atoms with van der Waals surface area (Å²) in [5, 5.41) is 10.7. The lowest BCUT2D eigenvalue weighted by Gasteiger charge is -2.36. The quantitative estimate of drug-likeness (QED) is 0.872. The number of aliphatic hydroxyl groups is 1. The van der Waals surface area contributed by atoms with Crippen LogP contribution in [0.4, 0.5) is 0 Å². The number of halogens is 1. The van der Waals surface area contributed by atoms with Crippen molar-refractivity contribution in [1.82, 2.24) is 4.98 Å². The summed E-state index contributed by atoms with van der Waals surface area (Å²) in [4.78, 5) is 4.39. The first-order chi connectivity index (χ1) is 9.02. The van der Waals surface area contributed by atoms with Gasteiger partial charge in [-0.05, 0) is 58.7 Å². The maximum Gasteiger partial charge on any atom is 0.0651 e. The molecule has 0 aromatic carbocycles. The van der Waals surface area contributed by atoms with Crippen LogP contribution in [-0.4, -0.2) is 16.2 Å². The Morgan fingerprint density at radius 1 is 1.32 bits per heavy atom. The molecule has 1 heterocycles. The number of nitrogens with zero attached hydrogens (tertiary/aromatic N) is 1. The summed E-state index contributed by atoms with van der Waals surface area (Å²) < 4.78 is 0.989. The fourth-order valence-electron chi connectivity index (χ4n) is 3.51. The molecular weight excluding hydrogens is 302 g/mol. The van der Waals surface area contributed by atoms with Crippen LogP contribution >= 0.6 is 15.9 Å². The van der Waals surface area contributed by atoms with Gasteiger partial charge in [0.2, 0.25) is 0 Å². The second kappa shape index (κ2) is 6.36. The van der Waals surface area contributed by atoms with Gasteiger partial charge < -0.3 is 5.11 Å². The molecule has 1 unspecified atom stereocenters. The van der Waals surface area contributed by atoms with E-state index in [9.17, 15) is 5.11 Å². The summed E-state index contributed by atoms with van der Waals surface area (Å²) in [5.74, 6) is 0.644. The molecule has 1 aliphatic rings. The Bertz CT molecular complexity index is 396. The molecule has 0 aliphatic heterocycles. The minimum Gasteiger partial charge on any atom is -0.392 e. The van der Waals surface area contributed by atoms with Crippen LogP contribution in [0.2, 0.25) is 0 Å². The van der Waals surface area contributed by atoms with E-state index < -0.39 is 0 Å². The van der Waals surface area contributed by atoms with Crippen molar-refractivity contribution in [3.63, 3.8) is 0 Å².